The van der Waals surface area contributed by atoms with Crippen LogP contribution >= 0.6 is 70.2 Å². The van der Waals surface area contributed by atoms with Gasteiger partial charge in [0, 0.05) is 162 Å². The number of piperidine rings is 4. The molecule has 9 atom stereocenters. The lowest BCUT2D eigenvalue weighted by Crippen LogP contribution is -2.53. The molecule has 18 N–H and O–H groups in total. The van der Waals surface area contributed by atoms with Gasteiger partial charge in [-0.25, -0.2) is 23.1 Å². The van der Waals surface area contributed by atoms with E-state index in [1.807, 2.05) is 47.9 Å². The molecule has 694 valence electrons. The first-order valence-corrected chi connectivity index (χ1v) is 47.4. The summed E-state index contributed by atoms with van der Waals surface area (Å²) in [6, 6.07) is 8.96. The Morgan fingerprint density at radius 2 is 0.805 bits per heavy atom. The van der Waals surface area contributed by atoms with Gasteiger partial charge in [-0.05, 0) is 186 Å². The second-order valence-electron chi connectivity index (χ2n) is 36.4. The van der Waals surface area contributed by atoms with Gasteiger partial charge in [0.1, 0.15) is 60.7 Å². The number of alkyl halides is 6. The SMILES string of the molecule is C[C@@H]1CC2(CCN(c3nc(N)c(Sc4ccnc(N)c4Cl)c(=O)n3C)CC2)[C@H](N)C1(F)F.C[C@H]1C[C@@H](N)C2(CCN(c3nc(N)c(Sc4ccnc(N5CCCC5)c4Cl)c(=O)n3C)CC2)C1.Cc1ncccc1Sc1c(N)nc(N2CCC3(CC2)C[C@H](C)[C@@H](C(F)(F)F)[C@@H]3N)n(C)c1=O.Cc1ncccc1Sc1c(N)nc(N2CCC3(CC2)C[C@H](F)C[C@H]3N)n(C)c1=O. The van der Waals surface area contributed by atoms with Gasteiger partial charge >= 0.3 is 6.18 Å². The standard InChI is InChI=1S/C24H34ClN7OS.C22H29F3N6OS.C20H26ClF2N7OS.C20H27FN6OS/c1-15-13-17(26)24(14-15)6-11-32(12-7-24)23-29-20(27)19(22(33)30(23)2)34-16-5-8-28-21(18(16)25)31-9-3-4-10-31;1-12-11-21(17(26)15(12)22(23,24)25)6-9-31(10-7-21)20-29-18(27)16(19(32)30(20)3)33-14-5-4-8-28-13(14)2;1-10-9-19(17(26)20(10,22)23)4-7-30(8-5-19)18-28-15(25)13(16(31)29(18)2)32-11-3-6-27-14(24)12(11)21;1-12-14(4-3-7-24-12)29-16-17(23)25-19(26(2)18(16)28)27-8-5-20(6-9-27)11-13(21)10-15(20)22/h5,8,15,17H,3-4,6-7,9-14,26-27H2,1-2H3;4-5,8,12,15,17H,6-7,9-11,26-27H2,1-3H3;3,6,10,17H,4-5,7-9,25-26H2,1-2H3,(H2,24,27);3-4,7,13,15H,5-6,8-11,22-23H2,1-2H3/t15-,17+;12-,15+,17-;10-,17+;13-,15-/m0011/s1. The van der Waals surface area contributed by atoms with E-state index >= 15 is 0 Å². The van der Waals surface area contributed by atoms with Crippen molar-refractivity contribution in [2.75, 3.05) is 119 Å². The first-order chi connectivity index (χ1) is 60.5. The Morgan fingerprint density at radius 3 is 1.16 bits per heavy atom. The zero-order valence-electron chi connectivity index (χ0n) is 73.4. The maximum atomic E-state index is 14.4. The topological polar surface area (TPSA) is 441 Å². The number of rotatable bonds is 13. The number of aryl methyl sites for hydroxylation is 2. The number of aromatic nitrogens is 12. The molecule has 42 heteroatoms. The van der Waals surface area contributed by atoms with Crippen LogP contribution in [0.25, 0.3) is 0 Å². The fraction of sp³-hybridized carbons (Fsp3) is 0.581. The van der Waals surface area contributed by atoms with Gasteiger partial charge in [-0.1, -0.05) is 91.0 Å². The van der Waals surface area contributed by atoms with Crippen LogP contribution in [0.2, 0.25) is 10.0 Å². The number of hydrogen-bond donors (Lipinski definition) is 9. The summed E-state index contributed by atoms with van der Waals surface area (Å²) in [7, 11) is 6.73. The zero-order chi connectivity index (χ0) is 92.3. The first-order valence-electron chi connectivity index (χ1n) is 43.4. The largest absolute Gasteiger partial charge is 0.393 e. The van der Waals surface area contributed by atoms with Crippen molar-refractivity contribution in [3.8, 4) is 0 Å². The molecule has 13 heterocycles. The molecule has 5 saturated heterocycles. The van der Waals surface area contributed by atoms with Crippen LogP contribution in [0.1, 0.15) is 135 Å². The van der Waals surface area contributed by atoms with E-state index in [0.29, 0.717) is 145 Å². The minimum absolute atomic E-state index is 0.0672. The van der Waals surface area contributed by atoms with Gasteiger partial charge in [0.15, 0.2) is 0 Å². The minimum Gasteiger partial charge on any atom is -0.382 e. The smallest absolute Gasteiger partial charge is 0.382 e. The predicted molar refractivity (Wildman–Crippen MR) is 496 cm³/mol. The number of halogens is 8. The summed E-state index contributed by atoms with van der Waals surface area (Å²) < 4.78 is 89.3. The molecule has 9 aliphatic rings. The molecule has 8 aromatic heterocycles. The molecule has 5 aliphatic heterocycles. The van der Waals surface area contributed by atoms with Gasteiger partial charge in [-0.3, -0.25) is 47.4 Å². The monoisotopic (exact) mass is 1890 g/mol. The van der Waals surface area contributed by atoms with Gasteiger partial charge in [-0.15, -0.1) is 0 Å². The molecule has 30 nitrogen and oxygen atoms in total. The van der Waals surface area contributed by atoms with Gasteiger partial charge in [-0.2, -0.15) is 33.1 Å². The van der Waals surface area contributed by atoms with E-state index in [0.717, 1.165) is 115 Å². The van der Waals surface area contributed by atoms with E-state index in [1.54, 1.807) is 81.9 Å². The Kier molecular flexibility index (Phi) is 28.4. The Morgan fingerprint density at radius 1 is 0.438 bits per heavy atom. The lowest BCUT2D eigenvalue weighted by molar-refractivity contribution is -0.187. The summed E-state index contributed by atoms with van der Waals surface area (Å²) in [6.45, 7) is 16.1. The van der Waals surface area contributed by atoms with Gasteiger partial charge in [0.2, 0.25) is 23.8 Å². The summed E-state index contributed by atoms with van der Waals surface area (Å²) >= 11 is 17.8. The van der Waals surface area contributed by atoms with Crippen LogP contribution < -0.4 is 98.3 Å². The molecule has 0 radical (unpaired) electrons. The Bertz CT molecular complexity index is 5660. The molecule has 17 rings (SSSR count). The van der Waals surface area contributed by atoms with Gasteiger partial charge in [0.05, 0.1) is 33.4 Å². The molecule has 9 fully saturated rings. The molecule has 0 aromatic carbocycles. The van der Waals surface area contributed by atoms with E-state index in [1.165, 1.54) is 57.0 Å². The average molecular weight is 1890 g/mol. The maximum absolute atomic E-state index is 14.4. The highest BCUT2D eigenvalue weighted by molar-refractivity contribution is 8.00. The summed E-state index contributed by atoms with van der Waals surface area (Å²) in [6.07, 6.45) is 13.6. The number of pyridine rings is 4. The minimum atomic E-state index is -4.29. The lowest BCUT2D eigenvalue weighted by Gasteiger charge is -2.43. The van der Waals surface area contributed by atoms with E-state index in [9.17, 15) is 45.5 Å². The van der Waals surface area contributed by atoms with E-state index < -0.39 is 58.9 Å². The van der Waals surface area contributed by atoms with Crippen molar-refractivity contribution in [1.29, 1.82) is 0 Å². The predicted octanol–water partition coefficient (Wildman–Crippen LogP) is 11.9. The molecule has 0 bridgehead atoms. The number of anilines is 10. The highest BCUT2D eigenvalue weighted by Gasteiger charge is 2.63. The summed E-state index contributed by atoms with van der Waals surface area (Å²) in [5.41, 5.74) is 55.2. The van der Waals surface area contributed by atoms with Crippen LogP contribution in [0.15, 0.2) is 120 Å². The lowest BCUT2D eigenvalue weighted by atomic mass is 9.73. The molecule has 4 spiro atoms. The van der Waals surface area contributed by atoms with Crippen LogP contribution in [0.3, 0.4) is 0 Å². The Labute approximate surface area is 766 Å². The number of hydrogen-bond acceptors (Lipinski definition) is 30. The zero-order valence-corrected chi connectivity index (χ0v) is 78.2. The third-order valence-electron chi connectivity index (χ3n) is 28.4. The molecular formula is C86H116Cl2F6N26O4S4. The Hall–Kier alpha value is -8.48. The second kappa shape index (κ2) is 38.0. The quantitative estimate of drug-likeness (QED) is 0.0484. The molecule has 4 aliphatic carbocycles. The van der Waals surface area contributed by atoms with Crippen LogP contribution in [0.4, 0.5) is 85.0 Å². The summed E-state index contributed by atoms with van der Waals surface area (Å²) in [5, 5.41) is 0.798. The summed E-state index contributed by atoms with van der Waals surface area (Å²) in [4.78, 5) is 102. The van der Waals surface area contributed by atoms with Crippen molar-refractivity contribution >= 4 is 129 Å². The average Bonchev–Trinajstić information content (AvgIpc) is 1.58. The van der Waals surface area contributed by atoms with Crippen LogP contribution in [0, 0.1) is 59.2 Å². The van der Waals surface area contributed by atoms with Crippen molar-refractivity contribution in [1.82, 2.24) is 58.1 Å². The maximum Gasteiger partial charge on any atom is 0.393 e. The van der Waals surface area contributed by atoms with E-state index in [4.69, 9.17) is 74.8 Å². The van der Waals surface area contributed by atoms with Crippen LogP contribution in [0.5, 0.6) is 0 Å². The first kappa shape index (κ1) is 95.6. The second-order valence-corrected chi connectivity index (χ2v) is 41.4. The van der Waals surface area contributed by atoms with Crippen molar-refractivity contribution < 1.29 is 26.3 Å². The fourth-order valence-electron chi connectivity index (χ4n) is 21.0. The van der Waals surface area contributed by atoms with Crippen molar-refractivity contribution in [3.63, 3.8) is 0 Å². The highest BCUT2D eigenvalue weighted by Crippen LogP contribution is 2.58. The number of nitrogen functional groups attached to an aromatic ring is 5. The number of nitrogens with two attached hydrogens (primary N) is 9. The molecule has 0 amide bonds. The van der Waals surface area contributed by atoms with Crippen LogP contribution in [-0.4, -0.2) is 166 Å². The van der Waals surface area contributed by atoms with Gasteiger partial charge in [0.25, 0.3) is 28.2 Å². The van der Waals surface area contributed by atoms with Crippen LogP contribution in [-0.2, 0) is 28.2 Å². The van der Waals surface area contributed by atoms with Gasteiger partial charge < -0.3 is 76.1 Å². The molecule has 128 heavy (non-hydrogen) atoms. The summed E-state index contributed by atoms with van der Waals surface area (Å²) in [5.74, 6) is -1.32. The third-order valence-corrected chi connectivity index (χ3v) is 34.2. The van der Waals surface area contributed by atoms with Crippen molar-refractivity contribution in [2.45, 2.75) is 219 Å². The van der Waals surface area contributed by atoms with Crippen molar-refractivity contribution in [3.05, 3.63) is 124 Å². The van der Waals surface area contributed by atoms with E-state index in [-0.39, 0.29) is 84.2 Å². The Balaban J connectivity index is 0.000000138. The van der Waals surface area contributed by atoms with Crippen molar-refractivity contribution in [2.24, 2.45) is 96.5 Å². The molecule has 4 saturated carbocycles. The normalized spacial score (nSPS) is 24.4. The van der Waals surface area contributed by atoms with E-state index in [2.05, 4.69) is 61.5 Å². The molecule has 0 unspecified atom stereocenters. The molecular weight excluding hydrogens is 1770 g/mol. The highest BCUT2D eigenvalue weighted by atomic mass is 35.5. The number of nitrogens with zero attached hydrogens (tertiary/aromatic N) is 17. The third kappa shape index (κ3) is 18.9. The molecule has 8 aromatic rings. The fourth-order valence-corrected chi connectivity index (χ4v) is 25.3.